The molecule has 0 saturated carbocycles. The van der Waals surface area contributed by atoms with E-state index in [4.69, 9.17) is 9.94 Å². The highest BCUT2D eigenvalue weighted by atomic mass is 32.1. The highest BCUT2D eigenvalue weighted by Gasteiger charge is 2.32. The third kappa shape index (κ3) is 3.11. The largest absolute Gasteiger partial charge is 0.477 e. The second kappa shape index (κ2) is 5.83. The maximum Gasteiger partial charge on any atom is 0.353 e. The molecular formula is C12H14N2O4S. The average Bonchev–Trinajstić information content (AvgIpc) is 3.05. The zero-order valence-corrected chi connectivity index (χ0v) is 11.1. The standard InChI is InChI=1S/C12H14N2O4S/c1-2-7(10-4-3-5-19-10)13-11(15)9-6-8(12(16)17)14-18-9/h3-5,7,9H,2,6H2,1H3,(H,13,15)(H,16,17). The van der Waals surface area contributed by atoms with Gasteiger partial charge >= 0.3 is 5.97 Å². The van der Waals surface area contributed by atoms with Crippen LogP contribution >= 0.6 is 11.3 Å². The number of aliphatic carboxylic acids is 1. The van der Waals surface area contributed by atoms with Gasteiger partial charge in [0.2, 0.25) is 6.10 Å². The van der Waals surface area contributed by atoms with E-state index >= 15 is 0 Å². The minimum atomic E-state index is -1.15. The SMILES string of the molecule is CCC(NC(=O)C1CC(C(=O)O)=NO1)c1cccs1. The first-order valence-corrected chi connectivity index (χ1v) is 6.79. The lowest BCUT2D eigenvalue weighted by Gasteiger charge is -2.17. The Hall–Kier alpha value is -1.89. The third-order valence-corrected chi connectivity index (χ3v) is 3.81. The summed E-state index contributed by atoms with van der Waals surface area (Å²) in [6.07, 6.45) is -0.0895. The van der Waals surface area contributed by atoms with Gasteiger partial charge in [0.15, 0.2) is 5.71 Å². The van der Waals surface area contributed by atoms with Gasteiger partial charge in [0.25, 0.3) is 5.91 Å². The fraction of sp³-hybridized carbons (Fsp3) is 0.417. The molecule has 2 N–H and O–H groups in total. The van der Waals surface area contributed by atoms with Gasteiger partial charge in [-0.15, -0.1) is 11.3 Å². The van der Waals surface area contributed by atoms with E-state index in [0.29, 0.717) is 0 Å². The number of nitrogens with one attached hydrogen (secondary N) is 1. The topological polar surface area (TPSA) is 88.0 Å². The predicted molar refractivity (Wildman–Crippen MR) is 70.1 cm³/mol. The van der Waals surface area contributed by atoms with Gasteiger partial charge in [0, 0.05) is 11.3 Å². The third-order valence-electron chi connectivity index (χ3n) is 2.82. The van der Waals surface area contributed by atoms with Crippen molar-refractivity contribution in [3.8, 4) is 0 Å². The molecule has 1 aliphatic rings. The van der Waals surface area contributed by atoms with Crippen molar-refractivity contribution in [2.24, 2.45) is 5.16 Å². The van der Waals surface area contributed by atoms with Crippen LogP contribution in [-0.4, -0.2) is 28.8 Å². The zero-order chi connectivity index (χ0) is 13.8. The molecule has 1 aliphatic heterocycles. The molecule has 1 aromatic rings. The lowest BCUT2D eigenvalue weighted by molar-refractivity contribution is -0.132. The Balaban J connectivity index is 1.93. The molecule has 1 amide bonds. The summed E-state index contributed by atoms with van der Waals surface area (Å²) in [6, 6.07) is 3.80. The molecule has 0 aromatic carbocycles. The molecule has 102 valence electrons. The molecular weight excluding hydrogens is 268 g/mol. The van der Waals surface area contributed by atoms with Crippen LogP contribution in [0.5, 0.6) is 0 Å². The summed E-state index contributed by atoms with van der Waals surface area (Å²) in [4.78, 5) is 28.6. The molecule has 0 saturated heterocycles. The van der Waals surface area contributed by atoms with Crippen molar-refractivity contribution in [2.75, 3.05) is 0 Å². The molecule has 0 fully saturated rings. The molecule has 0 spiro atoms. The van der Waals surface area contributed by atoms with E-state index in [0.717, 1.165) is 11.3 Å². The molecule has 2 rings (SSSR count). The number of hydrogen-bond donors (Lipinski definition) is 2. The van der Waals surface area contributed by atoms with Crippen LogP contribution in [0, 0.1) is 0 Å². The number of oxime groups is 1. The number of rotatable bonds is 5. The van der Waals surface area contributed by atoms with Gasteiger partial charge in [0.1, 0.15) is 0 Å². The quantitative estimate of drug-likeness (QED) is 0.857. The van der Waals surface area contributed by atoms with E-state index in [2.05, 4.69) is 10.5 Å². The first-order chi connectivity index (χ1) is 9.11. The van der Waals surface area contributed by atoms with Crippen LogP contribution in [0.3, 0.4) is 0 Å². The second-order valence-electron chi connectivity index (χ2n) is 4.13. The molecule has 6 nitrogen and oxygen atoms in total. The van der Waals surface area contributed by atoms with Crippen LogP contribution in [-0.2, 0) is 14.4 Å². The smallest absolute Gasteiger partial charge is 0.353 e. The molecule has 0 aliphatic carbocycles. The van der Waals surface area contributed by atoms with Crippen molar-refractivity contribution in [3.63, 3.8) is 0 Å². The highest BCUT2D eigenvalue weighted by molar-refractivity contribution is 7.10. The van der Waals surface area contributed by atoms with Crippen molar-refractivity contribution >= 4 is 28.9 Å². The summed E-state index contributed by atoms with van der Waals surface area (Å²) < 4.78 is 0. The number of amides is 1. The molecule has 19 heavy (non-hydrogen) atoms. The number of carbonyl (C=O) groups is 2. The van der Waals surface area contributed by atoms with Gasteiger partial charge in [-0.3, -0.25) is 4.79 Å². The fourth-order valence-electron chi connectivity index (χ4n) is 1.77. The van der Waals surface area contributed by atoms with Gasteiger partial charge in [-0.05, 0) is 17.9 Å². The Morgan fingerprint density at radius 3 is 3.00 bits per heavy atom. The average molecular weight is 282 g/mol. The Labute approximate surface area is 114 Å². The molecule has 0 bridgehead atoms. The van der Waals surface area contributed by atoms with Crippen LogP contribution in [0.2, 0.25) is 0 Å². The molecule has 2 heterocycles. The number of hydrogen-bond acceptors (Lipinski definition) is 5. The summed E-state index contributed by atoms with van der Waals surface area (Å²) in [7, 11) is 0. The van der Waals surface area contributed by atoms with E-state index in [9.17, 15) is 9.59 Å². The van der Waals surface area contributed by atoms with E-state index in [-0.39, 0.29) is 24.1 Å². The highest BCUT2D eigenvalue weighted by Crippen LogP contribution is 2.22. The van der Waals surface area contributed by atoms with Gasteiger partial charge in [-0.1, -0.05) is 18.1 Å². The monoisotopic (exact) mass is 282 g/mol. The number of nitrogens with zero attached hydrogens (tertiary/aromatic N) is 1. The van der Waals surface area contributed by atoms with Gasteiger partial charge in [0.05, 0.1) is 6.04 Å². The number of thiophene rings is 1. The van der Waals surface area contributed by atoms with Crippen molar-refractivity contribution in [1.82, 2.24) is 5.32 Å². The van der Waals surface area contributed by atoms with Crippen LogP contribution in [0.15, 0.2) is 22.7 Å². The molecule has 7 heteroatoms. The zero-order valence-electron chi connectivity index (χ0n) is 10.3. The van der Waals surface area contributed by atoms with Crippen molar-refractivity contribution < 1.29 is 19.5 Å². The number of carboxylic acid groups (broad SMARTS) is 1. The van der Waals surface area contributed by atoms with Crippen molar-refractivity contribution in [3.05, 3.63) is 22.4 Å². The van der Waals surface area contributed by atoms with Crippen molar-refractivity contribution in [2.45, 2.75) is 31.9 Å². The van der Waals surface area contributed by atoms with Gasteiger partial charge in [-0.2, -0.15) is 0 Å². The minimum absolute atomic E-state index is 0.00203. The summed E-state index contributed by atoms with van der Waals surface area (Å²) >= 11 is 1.57. The van der Waals surface area contributed by atoms with E-state index in [1.165, 1.54) is 0 Å². The Kier molecular flexibility index (Phi) is 4.16. The van der Waals surface area contributed by atoms with Gasteiger partial charge < -0.3 is 15.3 Å². The van der Waals surface area contributed by atoms with Crippen LogP contribution in [0.1, 0.15) is 30.7 Å². The summed E-state index contributed by atoms with van der Waals surface area (Å²) in [5.41, 5.74) is -0.121. The van der Waals surface area contributed by atoms with Crippen LogP contribution in [0.25, 0.3) is 0 Å². The second-order valence-corrected chi connectivity index (χ2v) is 5.11. The number of carboxylic acids is 1. The summed E-state index contributed by atoms with van der Waals surface area (Å²) in [6.45, 7) is 1.97. The fourth-order valence-corrected chi connectivity index (χ4v) is 2.63. The summed E-state index contributed by atoms with van der Waals surface area (Å²) in [5, 5.41) is 16.9. The molecule has 2 atom stereocenters. The Morgan fingerprint density at radius 2 is 2.47 bits per heavy atom. The minimum Gasteiger partial charge on any atom is -0.477 e. The molecule has 2 unspecified atom stereocenters. The van der Waals surface area contributed by atoms with E-state index in [1.807, 2.05) is 24.4 Å². The summed E-state index contributed by atoms with van der Waals surface area (Å²) in [5.74, 6) is -1.49. The molecule has 0 radical (unpaired) electrons. The first kappa shape index (κ1) is 13.5. The number of carbonyl (C=O) groups excluding carboxylic acids is 1. The maximum atomic E-state index is 12.0. The normalized spacial score (nSPS) is 19.4. The predicted octanol–water partition coefficient (Wildman–Crippen LogP) is 1.54. The first-order valence-electron chi connectivity index (χ1n) is 5.91. The van der Waals surface area contributed by atoms with Crippen molar-refractivity contribution in [1.29, 1.82) is 0 Å². The lowest BCUT2D eigenvalue weighted by Crippen LogP contribution is -2.37. The maximum absolute atomic E-state index is 12.0. The Morgan fingerprint density at radius 1 is 1.68 bits per heavy atom. The van der Waals surface area contributed by atoms with E-state index in [1.54, 1.807) is 11.3 Å². The van der Waals surface area contributed by atoms with Crippen LogP contribution < -0.4 is 5.32 Å². The van der Waals surface area contributed by atoms with E-state index < -0.39 is 12.1 Å². The molecule has 1 aromatic heterocycles. The van der Waals surface area contributed by atoms with Crippen LogP contribution in [0.4, 0.5) is 0 Å². The lowest BCUT2D eigenvalue weighted by atomic mass is 10.1. The van der Waals surface area contributed by atoms with Gasteiger partial charge in [-0.25, -0.2) is 4.79 Å². The Bertz CT molecular complexity index is 498.